The van der Waals surface area contributed by atoms with Crippen LogP contribution in [0.3, 0.4) is 0 Å². The van der Waals surface area contributed by atoms with Gasteiger partial charge in [0.2, 0.25) is 15.9 Å². The fraction of sp³-hybridized carbons (Fsp3) is 0.591. The van der Waals surface area contributed by atoms with Crippen LogP contribution in [0.2, 0.25) is 0 Å². The highest BCUT2D eigenvalue weighted by atomic mass is 32.2. The van der Waals surface area contributed by atoms with Gasteiger partial charge >= 0.3 is 0 Å². The Balaban J connectivity index is 1.47. The zero-order valence-corrected chi connectivity index (χ0v) is 18.9. The molecule has 2 aliphatic rings. The van der Waals surface area contributed by atoms with Crippen LogP contribution in [0.4, 0.5) is 11.6 Å². The van der Waals surface area contributed by atoms with E-state index in [1.54, 1.807) is 0 Å². The molecule has 3 heterocycles. The van der Waals surface area contributed by atoms with Crippen molar-refractivity contribution in [3.05, 3.63) is 24.3 Å². The minimum absolute atomic E-state index is 0.101. The van der Waals surface area contributed by atoms with Gasteiger partial charge in [-0.3, -0.25) is 4.79 Å². The van der Waals surface area contributed by atoms with Crippen molar-refractivity contribution < 1.29 is 13.2 Å². The van der Waals surface area contributed by atoms with Crippen LogP contribution >= 0.6 is 0 Å². The molecule has 2 aliphatic heterocycles. The van der Waals surface area contributed by atoms with Crippen molar-refractivity contribution >= 4 is 38.6 Å². The van der Waals surface area contributed by atoms with E-state index in [2.05, 4.69) is 10.2 Å². The summed E-state index contributed by atoms with van der Waals surface area (Å²) in [6.07, 6.45) is 4.78. The third-order valence-corrected chi connectivity index (χ3v) is 8.13. The average molecular weight is 446 g/mol. The molecule has 0 bridgehead atoms. The summed E-state index contributed by atoms with van der Waals surface area (Å²) in [6.45, 7) is 4.59. The number of carbonyl (C=O) groups is 1. The van der Waals surface area contributed by atoms with Crippen LogP contribution in [0.5, 0.6) is 0 Å². The largest absolute Gasteiger partial charge is 0.354 e. The van der Waals surface area contributed by atoms with Crippen LogP contribution in [0, 0.1) is 5.92 Å². The number of anilines is 2. The number of unbranched alkanes of at least 4 members (excludes halogenated alkanes) is 1. The van der Waals surface area contributed by atoms with Gasteiger partial charge in [0.1, 0.15) is 0 Å². The summed E-state index contributed by atoms with van der Waals surface area (Å²) in [7, 11) is -3.22. The van der Waals surface area contributed by atoms with Crippen molar-refractivity contribution in [2.45, 2.75) is 45.4 Å². The molecule has 168 valence electrons. The molecule has 1 amide bonds. The van der Waals surface area contributed by atoms with Crippen molar-refractivity contribution in [2.75, 3.05) is 42.1 Å². The van der Waals surface area contributed by atoms with Crippen LogP contribution in [-0.2, 0) is 14.8 Å². The summed E-state index contributed by atoms with van der Waals surface area (Å²) >= 11 is 0. The van der Waals surface area contributed by atoms with E-state index >= 15 is 0 Å². The highest BCUT2D eigenvalue weighted by Gasteiger charge is 2.31. The maximum absolute atomic E-state index is 13.0. The summed E-state index contributed by atoms with van der Waals surface area (Å²) in [5, 5.41) is 3.01. The second-order valence-electron chi connectivity index (χ2n) is 8.41. The minimum atomic E-state index is -3.22. The van der Waals surface area contributed by atoms with E-state index in [4.69, 9.17) is 9.97 Å². The van der Waals surface area contributed by atoms with Gasteiger partial charge in [-0.2, -0.15) is 0 Å². The quantitative estimate of drug-likeness (QED) is 0.704. The summed E-state index contributed by atoms with van der Waals surface area (Å²) in [5.41, 5.74) is 1.56. The second-order valence-corrected chi connectivity index (χ2v) is 10.5. The van der Waals surface area contributed by atoms with Crippen LogP contribution in [0.25, 0.3) is 11.0 Å². The van der Waals surface area contributed by atoms with Crippen molar-refractivity contribution in [1.82, 2.24) is 14.3 Å². The van der Waals surface area contributed by atoms with Crippen molar-refractivity contribution in [2.24, 2.45) is 5.92 Å². The number of aromatic nitrogens is 2. The van der Waals surface area contributed by atoms with E-state index in [0.717, 1.165) is 49.2 Å². The predicted octanol–water partition coefficient (Wildman–Crippen LogP) is 3.01. The van der Waals surface area contributed by atoms with Crippen LogP contribution in [0.15, 0.2) is 24.3 Å². The molecule has 31 heavy (non-hydrogen) atoms. The Kier molecular flexibility index (Phi) is 6.71. The number of sulfonamides is 1. The molecule has 0 spiro atoms. The number of piperidine rings is 1. The molecule has 2 saturated heterocycles. The van der Waals surface area contributed by atoms with E-state index in [9.17, 15) is 13.2 Å². The normalized spacial score (nSPS) is 18.5. The fourth-order valence-electron chi connectivity index (χ4n) is 4.29. The predicted molar refractivity (Wildman–Crippen MR) is 123 cm³/mol. The molecule has 0 aliphatic carbocycles. The molecule has 1 N–H and O–H groups in total. The third kappa shape index (κ3) is 4.98. The molecule has 2 fully saturated rings. The molecule has 4 rings (SSSR count). The first-order valence-electron chi connectivity index (χ1n) is 11.3. The molecule has 0 unspecified atom stereocenters. The van der Waals surface area contributed by atoms with Gasteiger partial charge in [0, 0.05) is 32.1 Å². The Morgan fingerprint density at radius 1 is 1.06 bits per heavy atom. The topological polar surface area (TPSA) is 95.5 Å². The highest BCUT2D eigenvalue weighted by molar-refractivity contribution is 7.89. The van der Waals surface area contributed by atoms with Crippen LogP contribution in [-0.4, -0.2) is 60.5 Å². The van der Waals surface area contributed by atoms with Gasteiger partial charge in [0.05, 0.1) is 16.8 Å². The lowest BCUT2D eigenvalue weighted by molar-refractivity contribution is -0.120. The molecule has 1 aromatic carbocycles. The second kappa shape index (κ2) is 9.48. The number of fused-ring (bicyclic) bond motifs is 1. The molecular formula is C22H31N5O3S. The SMILES string of the molecule is CCCCS(=O)(=O)N1CCC(C(=O)Nc2nc3ccccc3nc2N2CCCC2)CC1. The zero-order chi connectivity index (χ0) is 21.8. The number of para-hydroxylation sites is 2. The number of nitrogens with one attached hydrogen (secondary N) is 1. The van der Waals surface area contributed by atoms with E-state index in [0.29, 0.717) is 38.2 Å². The molecule has 0 radical (unpaired) electrons. The lowest BCUT2D eigenvalue weighted by Gasteiger charge is -2.30. The maximum atomic E-state index is 13.0. The number of amides is 1. The smallest absolute Gasteiger partial charge is 0.228 e. The molecule has 1 aromatic heterocycles. The standard InChI is InChI=1S/C22H31N5O3S/c1-2-3-16-31(29,30)27-14-10-17(11-15-27)22(28)25-20-21(26-12-6-7-13-26)24-19-9-5-4-8-18(19)23-20/h4-5,8-9,17H,2-3,6-7,10-16H2,1H3,(H,23,25,28). The van der Waals surface area contributed by atoms with Crippen LogP contribution in [0.1, 0.15) is 45.4 Å². The highest BCUT2D eigenvalue weighted by Crippen LogP contribution is 2.29. The number of nitrogens with zero attached hydrogens (tertiary/aromatic N) is 4. The van der Waals surface area contributed by atoms with Crippen LogP contribution < -0.4 is 10.2 Å². The van der Waals surface area contributed by atoms with Crippen molar-refractivity contribution in [1.29, 1.82) is 0 Å². The summed E-state index contributed by atoms with van der Waals surface area (Å²) in [4.78, 5) is 24.7. The lowest BCUT2D eigenvalue weighted by atomic mass is 9.97. The minimum Gasteiger partial charge on any atom is -0.354 e. The molecule has 8 nitrogen and oxygen atoms in total. The average Bonchev–Trinajstić information content (AvgIpc) is 3.32. The van der Waals surface area contributed by atoms with Gasteiger partial charge in [-0.15, -0.1) is 0 Å². The van der Waals surface area contributed by atoms with E-state index < -0.39 is 10.0 Å². The van der Waals surface area contributed by atoms with Gasteiger partial charge in [0.15, 0.2) is 11.6 Å². The van der Waals surface area contributed by atoms with Gasteiger partial charge in [-0.1, -0.05) is 25.5 Å². The van der Waals surface area contributed by atoms with E-state index in [1.165, 1.54) is 4.31 Å². The Morgan fingerprint density at radius 3 is 2.35 bits per heavy atom. The fourth-order valence-corrected chi connectivity index (χ4v) is 5.97. The Hall–Kier alpha value is -2.26. The van der Waals surface area contributed by atoms with Gasteiger partial charge in [-0.25, -0.2) is 22.7 Å². The molecule has 2 aromatic rings. The molecular weight excluding hydrogens is 414 g/mol. The maximum Gasteiger partial charge on any atom is 0.228 e. The lowest BCUT2D eigenvalue weighted by Crippen LogP contribution is -2.42. The Bertz CT molecular complexity index is 1030. The Labute approximate surface area is 184 Å². The van der Waals surface area contributed by atoms with E-state index in [1.807, 2.05) is 31.2 Å². The van der Waals surface area contributed by atoms with Gasteiger partial charge < -0.3 is 10.2 Å². The first kappa shape index (κ1) is 22.0. The number of hydrogen-bond acceptors (Lipinski definition) is 6. The first-order chi connectivity index (χ1) is 15.0. The van der Waals surface area contributed by atoms with Gasteiger partial charge in [-0.05, 0) is 44.2 Å². The van der Waals surface area contributed by atoms with Gasteiger partial charge in [0.25, 0.3) is 0 Å². The third-order valence-electron chi connectivity index (χ3n) is 6.17. The molecule has 0 saturated carbocycles. The number of benzene rings is 1. The molecule has 9 heteroatoms. The van der Waals surface area contributed by atoms with E-state index in [-0.39, 0.29) is 17.6 Å². The number of carbonyl (C=O) groups excluding carboxylic acids is 1. The zero-order valence-electron chi connectivity index (χ0n) is 18.1. The monoisotopic (exact) mass is 445 g/mol. The number of hydrogen-bond donors (Lipinski definition) is 1. The first-order valence-corrected chi connectivity index (χ1v) is 12.9. The molecule has 0 atom stereocenters. The summed E-state index contributed by atoms with van der Waals surface area (Å²) < 4.78 is 26.4. The Morgan fingerprint density at radius 2 is 1.71 bits per heavy atom. The van der Waals surface area contributed by atoms with Crippen molar-refractivity contribution in [3.8, 4) is 0 Å². The summed E-state index contributed by atoms with van der Waals surface area (Å²) in [5.74, 6) is 1.09. The summed E-state index contributed by atoms with van der Waals surface area (Å²) in [6, 6.07) is 7.67. The number of rotatable bonds is 7. The van der Waals surface area contributed by atoms with Crippen molar-refractivity contribution in [3.63, 3.8) is 0 Å².